The molecule has 0 aliphatic carbocycles. The zero-order valence-corrected chi connectivity index (χ0v) is 18.9. The normalized spacial score (nSPS) is 11.4. The van der Waals surface area contributed by atoms with Gasteiger partial charge in [-0.05, 0) is 36.6 Å². The number of benzene rings is 2. The number of nitro benzene ring substituents is 1. The molecule has 2 amide bonds. The second-order valence-corrected chi connectivity index (χ2v) is 7.24. The average molecular weight is 461 g/mol. The molecule has 0 spiro atoms. The van der Waals surface area contributed by atoms with Crippen LogP contribution in [-0.4, -0.2) is 47.9 Å². The van der Waals surface area contributed by atoms with Crippen LogP contribution in [-0.2, 0) is 16.1 Å². The van der Waals surface area contributed by atoms with E-state index in [1.807, 2.05) is 6.92 Å². The minimum Gasteiger partial charge on any atom is -0.490 e. The van der Waals surface area contributed by atoms with Crippen LogP contribution in [0.4, 0.5) is 10.1 Å². The third-order valence-corrected chi connectivity index (χ3v) is 4.91. The lowest BCUT2D eigenvalue weighted by Gasteiger charge is -2.30. The van der Waals surface area contributed by atoms with Crippen LogP contribution >= 0.6 is 0 Å². The van der Waals surface area contributed by atoms with Gasteiger partial charge < -0.3 is 19.7 Å². The first-order valence-corrected chi connectivity index (χ1v) is 10.6. The molecule has 0 aliphatic rings. The van der Waals surface area contributed by atoms with Crippen molar-refractivity contribution in [1.82, 2.24) is 10.2 Å². The summed E-state index contributed by atoms with van der Waals surface area (Å²) in [5, 5.41) is 13.9. The number of methoxy groups -OCH3 is 1. The summed E-state index contributed by atoms with van der Waals surface area (Å²) in [7, 11) is 1.29. The average Bonchev–Trinajstić information content (AvgIpc) is 2.81. The van der Waals surface area contributed by atoms with Gasteiger partial charge in [0.15, 0.2) is 6.61 Å². The van der Waals surface area contributed by atoms with Crippen LogP contribution in [0.1, 0.15) is 32.3 Å². The smallest absolute Gasteiger partial charge is 0.311 e. The third kappa shape index (κ3) is 7.16. The number of carbonyl (C=O) groups is 2. The summed E-state index contributed by atoms with van der Waals surface area (Å²) in [5.41, 5.74) is 0.427. The fourth-order valence-corrected chi connectivity index (χ4v) is 3.20. The Hall–Kier alpha value is -3.69. The van der Waals surface area contributed by atoms with Gasteiger partial charge in [0.2, 0.25) is 11.7 Å². The highest BCUT2D eigenvalue weighted by atomic mass is 19.1. The fraction of sp³-hybridized carbons (Fsp3) is 0.391. The number of nitrogens with zero attached hydrogens (tertiary/aromatic N) is 2. The Labute approximate surface area is 191 Å². The highest BCUT2D eigenvalue weighted by Crippen LogP contribution is 2.30. The zero-order valence-electron chi connectivity index (χ0n) is 18.9. The Bertz CT molecular complexity index is 967. The van der Waals surface area contributed by atoms with Crippen LogP contribution in [0.5, 0.6) is 11.5 Å². The molecule has 0 heterocycles. The molecule has 33 heavy (non-hydrogen) atoms. The summed E-state index contributed by atoms with van der Waals surface area (Å²) in [6.07, 6.45) is 1.12. The summed E-state index contributed by atoms with van der Waals surface area (Å²) in [4.78, 5) is 37.7. The first-order chi connectivity index (χ1) is 15.8. The second-order valence-electron chi connectivity index (χ2n) is 7.24. The van der Waals surface area contributed by atoms with Gasteiger partial charge in [-0.25, -0.2) is 4.39 Å². The Morgan fingerprint density at radius 3 is 2.45 bits per heavy atom. The van der Waals surface area contributed by atoms with Crippen molar-refractivity contribution in [3.8, 4) is 11.5 Å². The lowest BCUT2D eigenvalue weighted by Crippen LogP contribution is -2.50. The van der Waals surface area contributed by atoms with Gasteiger partial charge in [-0.1, -0.05) is 26.0 Å². The molecule has 1 unspecified atom stereocenters. The van der Waals surface area contributed by atoms with Crippen LogP contribution in [0.3, 0.4) is 0 Å². The number of carbonyl (C=O) groups excluding carboxylic acids is 2. The molecule has 2 aromatic carbocycles. The maximum Gasteiger partial charge on any atom is 0.311 e. The highest BCUT2D eigenvalue weighted by Gasteiger charge is 2.29. The van der Waals surface area contributed by atoms with Crippen molar-refractivity contribution in [3.63, 3.8) is 0 Å². The van der Waals surface area contributed by atoms with Crippen LogP contribution in [0.25, 0.3) is 0 Å². The Morgan fingerprint density at radius 2 is 1.88 bits per heavy atom. The lowest BCUT2D eigenvalue weighted by molar-refractivity contribution is -0.385. The molecule has 0 fully saturated rings. The molecule has 178 valence electrons. The molecule has 2 aromatic rings. The fourth-order valence-electron chi connectivity index (χ4n) is 3.20. The van der Waals surface area contributed by atoms with E-state index in [9.17, 15) is 24.1 Å². The van der Waals surface area contributed by atoms with Crippen molar-refractivity contribution in [2.24, 2.45) is 0 Å². The molecular weight excluding hydrogens is 433 g/mol. The minimum atomic E-state index is -0.746. The van der Waals surface area contributed by atoms with Crippen LogP contribution in [0.15, 0.2) is 42.5 Å². The summed E-state index contributed by atoms with van der Waals surface area (Å²) < 4.78 is 23.9. The standard InChI is InChI=1S/C23H28FN3O6/c1-4-12-25-23(29)19(5-2)26(14-16-6-8-17(24)9-7-16)22(28)15-33-18-10-11-20(27(30)31)21(13-18)32-3/h6-11,13,19H,4-5,12,14-15H2,1-3H3,(H,25,29). The Kier molecular flexibility index (Phi) is 9.59. The van der Waals surface area contributed by atoms with Crippen molar-refractivity contribution >= 4 is 17.5 Å². The van der Waals surface area contributed by atoms with Gasteiger partial charge in [-0.3, -0.25) is 19.7 Å². The number of ether oxygens (including phenoxy) is 2. The molecule has 0 aromatic heterocycles. The van der Waals surface area contributed by atoms with E-state index in [1.54, 1.807) is 19.1 Å². The predicted molar refractivity (Wildman–Crippen MR) is 119 cm³/mol. The molecule has 10 heteroatoms. The monoisotopic (exact) mass is 461 g/mol. The van der Waals surface area contributed by atoms with Crippen molar-refractivity contribution in [2.75, 3.05) is 20.3 Å². The summed E-state index contributed by atoms with van der Waals surface area (Å²) >= 11 is 0. The third-order valence-electron chi connectivity index (χ3n) is 4.91. The van der Waals surface area contributed by atoms with Crippen LogP contribution in [0.2, 0.25) is 0 Å². The first kappa shape index (κ1) is 25.6. The summed E-state index contributed by atoms with van der Waals surface area (Å²) in [6, 6.07) is 8.84. The topological polar surface area (TPSA) is 111 Å². The van der Waals surface area contributed by atoms with E-state index in [2.05, 4.69) is 5.32 Å². The predicted octanol–water partition coefficient (Wildman–Crippen LogP) is 3.45. The van der Waals surface area contributed by atoms with E-state index in [0.29, 0.717) is 18.5 Å². The molecule has 0 saturated carbocycles. The molecule has 0 saturated heterocycles. The van der Waals surface area contributed by atoms with Crippen molar-refractivity contribution < 1.29 is 28.4 Å². The van der Waals surface area contributed by atoms with E-state index in [1.165, 1.54) is 42.3 Å². The number of hydrogen-bond donors (Lipinski definition) is 1. The minimum absolute atomic E-state index is 0.00139. The number of halogens is 1. The molecule has 0 bridgehead atoms. The van der Waals surface area contributed by atoms with E-state index < -0.39 is 29.3 Å². The van der Waals surface area contributed by atoms with Crippen LogP contribution < -0.4 is 14.8 Å². The summed E-state index contributed by atoms with van der Waals surface area (Å²) in [6.45, 7) is 3.88. The molecule has 2 rings (SSSR count). The highest BCUT2D eigenvalue weighted by molar-refractivity contribution is 5.88. The first-order valence-electron chi connectivity index (χ1n) is 10.6. The van der Waals surface area contributed by atoms with Gasteiger partial charge in [0, 0.05) is 25.2 Å². The number of amides is 2. The number of nitrogens with one attached hydrogen (secondary N) is 1. The van der Waals surface area contributed by atoms with Gasteiger partial charge in [0.1, 0.15) is 17.6 Å². The maximum atomic E-state index is 13.3. The number of nitro groups is 1. The van der Waals surface area contributed by atoms with Gasteiger partial charge in [-0.15, -0.1) is 0 Å². The van der Waals surface area contributed by atoms with E-state index in [4.69, 9.17) is 9.47 Å². The Morgan fingerprint density at radius 1 is 1.18 bits per heavy atom. The maximum absolute atomic E-state index is 13.3. The van der Waals surface area contributed by atoms with Gasteiger partial charge in [0.05, 0.1) is 12.0 Å². The SMILES string of the molecule is CCCNC(=O)C(CC)N(Cc1ccc(F)cc1)C(=O)COc1ccc([N+](=O)[O-])c(OC)c1. The summed E-state index contributed by atoms with van der Waals surface area (Å²) in [5.74, 6) is -0.948. The molecule has 0 radical (unpaired) electrons. The van der Waals surface area contributed by atoms with Crippen molar-refractivity contribution in [1.29, 1.82) is 0 Å². The molecule has 1 N–H and O–H groups in total. The van der Waals surface area contributed by atoms with E-state index >= 15 is 0 Å². The molecule has 0 aliphatic heterocycles. The zero-order chi connectivity index (χ0) is 24.4. The van der Waals surface area contributed by atoms with Crippen LogP contribution in [0, 0.1) is 15.9 Å². The Balaban J connectivity index is 2.22. The van der Waals surface area contributed by atoms with Gasteiger partial charge >= 0.3 is 5.69 Å². The van der Waals surface area contributed by atoms with E-state index in [-0.39, 0.29) is 29.6 Å². The van der Waals surface area contributed by atoms with Crippen molar-refractivity contribution in [2.45, 2.75) is 39.3 Å². The number of hydrogen-bond acceptors (Lipinski definition) is 6. The molecular formula is C23H28FN3O6. The van der Waals surface area contributed by atoms with Crippen molar-refractivity contribution in [3.05, 3.63) is 64.0 Å². The lowest BCUT2D eigenvalue weighted by atomic mass is 10.1. The van der Waals surface area contributed by atoms with E-state index in [0.717, 1.165) is 6.42 Å². The second kappa shape index (κ2) is 12.4. The van der Waals surface area contributed by atoms with Gasteiger partial charge in [0.25, 0.3) is 5.91 Å². The molecule has 9 nitrogen and oxygen atoms in total. The molecule has 1 atom stereocenters. The largest absolute Gasteiger partial charge is 0.490 e. The van der Waals surface area contributed by atoms with Gasteiger partial charge in [-0.2, -0.15) is 0 Å². The number of rotatable bonds is 12. The quantitative estimate of drug-likeness (QED) is 0.383.